The number of carbonyl (C=O) groups excluding carboxylic acids is 2. The van der Waals surface area contributed by atoms with Gasteiger partial charge in [-0.2, -0.15) is 0 Å². The largest absolute Gasteiger partial charge is 0.497 e. The van der Waals surface area contributed by atoms with Crippen LogP contribution in [-0.4, -0.2) is 25.5 Å². The first-order chi connectivity index (χ1) is 15.5. The van der Waals surface area contributed by atoms with Crippen LogP contribution in [0, 0.1) is 0 Å². The third-order valence-corrected chi connectivity index (χ3v) is 6.43. The molecule has 4 rings (SSSR count). The van der Waals surface area contributed by atoms with Crippen molar-refractivity contribution in [1.29, 1.82) is 0 Å². The number of halogens is 1. The normalized spacial score (nSPS) is 14.2. The number of hydrogen-bond acceptors (Lipinski definition) is 4. The van der Waals surface area contributed by atoms with E-state index in [4.69, 9.17) is 16.3 Å². The summed E-state index contributed by atoms with van der Waals surface area (Å²) in [6.07, 6.45) is 1.83. The fourth-order valence-corrected chi connectivity index (χ4v) is 4.57. The first-order valence-electron chi connectivity index (χ1n) is 10.00. The van der Waals surface area contributed by atoms with Crippen molar-refractivity contribution in [3.8, 4) is 5.75 Å². The van der Waals surface area contributed by atoms with E-state index in [1.54, 1.807) is 13.2 Å². The Balaban J connectivity index is 1.54. The number of benzene rings is 3. The summed E-state index contributed by atoms with van der Waals surface area (Å²) in [4.78, 5) is 29.0. The highest BCUT2D eigenvalue weighted by molar-refractivity contribution is 8.04. The maximum Gasteiger partial charge on any atom is 0.265 e. The second-order valence-electron chi connectivity index (χ2n) is 7.11. The molecule has 1 heterocycles. The summed E-state index contributed by atoms with van der Waals surface area (Å²) in [5, 5.41) is 3.45. The third kappa shape index (κ3) is 4.98. The van der Waals surface area contributed by atoms with E-state index >= 15 is 0 Å². The van der Waals surface area contributed by atoms with Crippen molar-refractivity contribution >= 4 is 46.9 Å². The number of nitrogens with zero attached hydrogens (tertiary/aromatic N) is 1. The van der Waals surface area contributed by atoms with Gasteiger partial charge in [0.25, 0.3) is 5.91 Å². The number of ether oxygens (including phenoxy) is 1. The summed E-state index contributed by atoms with van der Waals surface area (Å²) in [7, 11) is 1.61. The second-order valence-corrected chi connectivity index (χ2v) is 8.60. The van der Waals surface area contributed by atoms with Crippen molar-refractivity contribution in [1.82, 2.24) is 5.32 Å². The average Bonchev–Trinajstić information content (AvgIpc) is 2.81. The number of methoxy groups -OCH3 is 1. The highest BCUT2D eigenvalue weighted by atomic mass is 35.5. The zero-order chi connectivity index (χ0) is 22.5. The Bertz CT molecular complexity index is 1180. The molecule has 0 bridgehead atoms. The summed E-state index contributed by atoms with van der Waals surface area (Å²) < 4.78 is 5.20. The molecule has 0 aliphatic carbocycles. The molecule has 0 fully saturated rings. The highest BCUT2D eigenvalue weighted by Gasteiger charge is 2.30. The summed E-state index contributed by atoms with van der Waals surface area (Å²) in [5.74, 6) is 0.276. The number of rotatable bonds is 6. The molecule has 0 atom stereocenters. The van der Waals surface area contributed by atoms with E-state index in [0.717, 1.165) is 27.5 Å². The number of fused-ring (bicyclic) bond motifs is 1. The molecular formula is C25H21ClN2O3S. The summed E-state index contributed by atoms with van der Waals surface area (Å²) in [6, 6.07) is 22.4. The van der Waals surface area contributed by atoms with Crippen LogP contribution in [0.2, 0.25) is 5.02 Å². The molecule has 1 N–H and O–H groups in total. The quantitative estimate of drug-likeness (QED) is 0.513. The van der Waals surface area contributed by atoms with Gasteiger partial charge >= 0.3 is 0 Å². The fraction of sp³-hybridized carbons (Fsp3) is 0.120. The Morgan fingerprint density at radius 1 is 1.06 bits per heavy atom. The first kappa shape index (κ1) is 22.0. The van der Waals surface area contributed by atoms with Gasteiger partial charge in [0.05, 0.1) is 17.7 Å². The Morgan fingerprint density at radius 3 is 2.53 bits per heavy atom. The van der Waals surface area contributed by atoms with Crippen molar-refractivity contribution in [2.24, 2.45) is 0 Å². The van der Waals surface area contributed by atoms with E-state index in [9.17, 15) is 9.59 Å². The van der Waals surface area contributed by atoms with Crippen molar-refractivity contribution in [3.05, 3.63) is 93.9 Å². The first-order valence-corrected chi connectivity index (χ1v) is 11.2. The maximum atomic E-state index is 13.3. The molecule has 7 heteroatoms. The smallest absolute Gasteiger partial charge is 0.265 e. The molecule has 3 aromatic carbocycles. The van der Waals surface area contributed by atoms with Gasteiger partial charge in [-0.3, -0.25) is 14.5 Å². The van der Waals surface area contributed by atoms with Crippen LogP contribution >= 0.6 is 23.4 Å². The van der Waals surface area contributed by atoms with Gasteiger partial charge < -0.3 is 10.1 Å². The van der Waals surface area contributed by atoms with Gasteiger partial charge in [0, 0.05) is 16.5 Å². The van der Waals surface area contributed by atoms with Crippen LogP contribution in [0.25, 0.3) is 6.08 Å². The van der Waals surface area contributed by atoms with E-state index in [1.165, 1.54) is 16.7 Å². The minimum Gasteiger partial charge on any atom is -0.497 e. The Kier molecular flexibility index (Phi) is 6.83. The van der Waals surface area contributed by atoms with E-state index in [-0.39, 0.29) is 18.4 Å². The molecule has 0 unspecified atom stereocenters. The summed E-state index contributed by atoms with van der Waals surface area (Å²) in [6.45, 7) is 0.215. The number of para-hydroxylation sites is 1. The molecule has 0 saturated heterocycles. The van der Waals surface area contributed by atoms with Gasteiger partial charge in [-0.05, 0) is 47.5 Å². The third-order valence-electron chi connectivity index (χ3n) is 4.98. The molecule has 0 spiro atoms. The van der Waals surface area contributed by atoms with E-state index in [1.807, 2.05) is 72.8 Å². The van der Waals surface area contributed by atoms with Gasteiger partial charge in [0.15, 0.2) is 0 Å². The molecule has 1 aliphatic rings. The van der Waals surface area contributed by atoms with Crippen molar-refractivity contribution in [2.75, 3.05) is 18.6 Å². The van der Waals surface area contributed by atoms with Crippen LogP contribution in [0.3, 0.4) is 0 Å². The zero-order valence-electron chi connectivity index (χ0n) is 17.4. The van der Waals surface area contributed by atoms with Gasteiger partial charge in [-0.25, -0.2) is 0 Å². The standard InChI is InChI=1S/C25H21ClN2O3S/c1-31-19-12-10-17(11-13-19)14-23-25(30)28(21-8-4-5-9-22(21)32-23)16-24(29)27-15-18-6-2-3-7-20(18)26/h2-14H,15-16H2,1H3,(H,27,29). The maximum absolute atomic E-state index is 13.3. The van der Waals surface area contributed by atoms with Crippen LogP contribution in [-0.2, 0) is 16.1 Å². The molecular weight excluding hydrogens is 444 g/mol. The van der Waals surface area contributed by atoms with E-state index in [0.29, 0.717) is 16.5 Å². The number of thioether (sulfide) groups is 1. The van der Waals surface area contributed by atoms with Crippen molar-refractivity contribution < 1.29 is 14.3 Å². The van der Waals surface area contributed by atoms with Crippen molar-refractivity contribution in [3.63, 3.8) is 0 Å². The Morgan fingerprint density at radius 2 is 1.78 bits per heavy atom. The predicted octanol–water partition coefficient (Wildman–Crippen LogP) is 5.14. The molecule has 2 amide bonds. The second kappa shape index (κ2) is 9.94. The van der Waals surface area contributed by atoms with Gasteiger partial charge in [0.1, 0.15) is 12.3 Å². The summed E-state index contributed by atoms with van der Waals surface area (Å²) >= 11 is 7.57. The minimum atomic E-state index is -0.260. The SMILES string of the molecule is COc1ccc(C=C2Sc3ccccc3N(CC(=O)NCc3ccccc3Cl)C2=O)cc1. The molecule has 1 aliphatic heterocycles. The fourth-order valence-electron chi connectivity index (χ4n) is 3.31. The molecule has 0 radical (unpaired) electrons. The molecule has 32 heavy (non-hydrogen) atoms. The van der Waals surface area contributed by atoms with Gasteiger partial charge in [-0.15, -0.1) is 0 Å². The molecule has 5 nitrogen and oxygen atoms in total. The minimum absolute atomic E-state index is 0.0825. The predicted molar refractivity (Wildman–Crippen MR) is 129 cm³/mol. The number of carbonyl (C=O) groups is 2. The number of amides is 2. The summed E-state index contributed by atoms with van der Waals surface area (Å²) in [5.41, 5.74) is 2.43. The highest BCUT2D eigenvalue weighted by Crippen LogP contribution is 2.41. The zero-order valence-corrected chi connectivity index (χ0v) is 19.0. The number of hydrogen-bond donors (Lipinski definition) is 1. The molecule has 162 valence electrons. The molecule has 3 aromatic rings. The lowest BCUT2D eigenvalue weighted by Gasteiger charge is -2.29. The van der Waals surface area contributed by atoms with E-state index < -0.39 is 0 Å². The van der Waals surface area contributed by atoms with Crippen LogP contribution in [0.15, 0.2) is 82.6 Å². The Hall–Kier alpha value is -3.22. The Labute approximate surface area is 196 Å². The van der Waals surface area contributed by atoms with E-state index in [2.05, 4.69) is 5.32 Å². The van der Waals surface area contributed by atoms with Gasteiger partial charge in [0.2, 0.25) is 5.91 Å². The average molecular weight is 465 g/mol. The van der Waals surface area contributed by atoms with Crippen LogP contribution < -0.4 is 15.0 Å². The molecule has 0 aromatic heterocycles. The number of anilines is 1. The van der Waals surface area contributed by atoms with Crippen molar-refractivity contribution in [2.45, 2.75) is 11.4 Å². The van der Waals surface area contributed by atoms with Crippen LogP contribution in [0.4, 0.5) is 5.69 Å². The molecule has 0 saturated carbocycles. The van der Waals surface area contributed by atoms with Crippen LogP contribution in [0.5, 0.6) is 5.75 Å². The van der Waals surface area contributed by atoms with Crippen LogP contribution in [0.1, 0.15) is 11.1 Å². The topological polar surface area (TPSA) is 58.6 Å². The lowest BCUT2D eigenvalue weighted by atomic mass is 10.2. The number of nitrogens with one attached hydrogen (secondary N) is 1. The lowest BCUT2D eigenvalue weighted by molar-refractivity contribution is -0.122. The lowest BCUT2D eigenvalue weighted by Crippen LogP contribution is -2.42. The monoisotopic (exact) mass is 464 g/mol. The van der Waals surface area contributed by atoms with Gasteiger partial charge in [-0.1, -0.05) is 65.8 Å².